The van der Waals surface area contributed by atoms with Crippen LogP contribution in [0.4, 0.5) is 0 Å². The van der Waals surface area contributed by atoms with E-state index in [0.717, 1.165) is 21.0 Å². The van der Waals surface area contributed by atoms with E-state index in [2.05, 4.69) is 15.0 Å². The molecule has 0 fully saturated rings. The fraction of sp³-hybridized carbons (Fsp3) is 0.357. The van der Waals surface area contributed by atoms with Gasteiger partial charge in [-0.2, -0.15) is 0 Å². The van der Waals surface area contributed by atoms with Crippen LogP contribution >= 0.6 is 11.3 Å². The minimum atomic E-state index is -3.51. The summed E-state index contributed by atoms with van der Waals surface area (Å²) in [6.45, 7) is 4.61. The van der Waals surface area contributed by atoms with Crippen molar-refractivity contribution in [2.24, 2.45) is 0 Å². The van der Waals surface area contributed by atoms with E-state index in [4.69, 9.17) is 0 Å². The van der Waals surface area contributed by atoms with Crippen molar-refractivity contribution in [3.63, 3.8) is 0 Å². The van der Waals surface area contributed by atoms with Gasteiger partial charge in [-0.3, -0.25) is 4.98 Å². The van der Waals surface area contributed by atoms with Crippen LogP contribution in [0.15, 0.2) is 29.3 Å². The number of sulfonamides is 1. The van der Waals surface area contributed by atoms with E-state index in [1.54, 1.807) is 12.3 Å². The molecule has 0 radical (unpaired) electrons. The Balaban J connectivity index is 2.17. The zero-order valence-electron chi connectivity index (χ0n) is 12.3. The maximum atomic E-state index is 12.4. The van der Waals surface area contributed by atoms with E-state index in [0.29, 0.717) is 11.4 Å². The van der Waals surface area contributed by atoms with Crippen molar-refractivity contribution in [3.05, 3.63) is 45.4 Å². The number of hydrogen-bond acceptors (Lipinski definition) is 5. The Morgan fingerprint density at radius 1 is 1.29 bits per heavy atom. The summed E-state index contributed by atoms with van der Waals surface area (Å²) in [6, 6.07) is 5.47. The van der Waals surface area contributed by atoms with E-state index in [1.165, 1.54) is 11.3 Å². The van der Waals surface area contributed by atoms with Gasteiger partial charge < -0.3 is 5.32 Å². The first-order valence-corrected chi connectivity index (χ1v) is 8.88. The highest BCUT2D eigenvalue weighted by molar-refractivity contribution is 7.89. The molecule has 2 N–H and O–H groups in total. The Morgan fingerprint density at radius 2 is 2.05 bits per heavy atom. The monoisotopic (exact) mass is 325 g/mol. The van der Waals surface area contributed by atoms with E-state index in [-0.39, 0.29) is 6.54 Å². The van der Waals surface area contributed by atoms with Crippen LogP contribution in [0.1, 0.15) is 21.0 Å². The predicted octanol–water partition coefficient (Wildman–Crippen LogP) is 1.96. The zero-order chi connectivity index (χ0) is 15.5. The summed E-state index contributed by atoms with van der Waals surface area (Å²) in [6.07, 6.45) is 1.66. The Bertz CT molecular complexity index is 724. The van der Waals surface area contributed by atoms with Gasteiger partial charge in [0.1, 0.15) is 0 Å². The molecule has 0 spiro atoms. The third-order valence-electron chi connectivity index (χ3n) is 3.11. The normalized spacial score (nSPS) is 11.8. The summed E-state index contributed by atoms with van der Waals surface area (Å²) >= 11 is 1.49. The van der Waals surface area contributed by atoms with E-state index >= 15 is 0 Å². The molecule has 0 bridgehead atoms. The number of aryl methyl sites for hydroxylation is 2. The minimum Gasteiger partial charge on any atom is -0.315 e. The Labute approximate surface area is 129 Å². The van der Waals surface area contributed by atoms with Crippen molar-refractivity contribution in [1.29, 1.82) is 0 Å². The van der Waals surface area contributed by atoms with Gasteiger partial charge in [0.05, 0.1) is 17.1 Å². The topological polar surface area (TPSA) is 71.1 Å². The highest BCUT2D eigenvalue weighted by Gasteiger charge is 2.20. The van der Waals surface area contributed by atoms with Crippen molar-refractivity contribution in [2.45, 2.75) is 31.8 Å². The first-order valence-electron chi connectivity index (χ1n) is 6.58. The van der Waals surface area contributed by atoms with Gasteiger partial charge in [-0.05, 0) is 38.6 Å². The standard InChI is InChI=1S/C14H19N3O2S2/c1-10-5-4-6-16-13(10)9-17-21(18,19)14-7-12(8-15-3)20-11(14)2/h4-7,15,17H,8-9H2,1-3H3. The van der Waals surface area contributed by atoms with E-state index in [1.807, 2.05) is 33.0 Å². The van der Waals surface area contributed by atoms with Crippen LogP contribution in [0, 0.1) is 13.8 Å². The number of nitrogens with one attached hydrogen (secondary N) is 2. The van der Waals surface area contributed by atoms with Gasteiger partial charge in [-0.15, -0.1) is 11.3 Å². The summed E-state index contributed by atoms with van der Waals surface area (Å²) < 4.78 is 27.4. The van der Waals surface area contributed by atoms with Crippen LogP contribution in [-0.2, 0) is 23.1 Å². The molecular formula is C14H19N3O2S2. The number of hydrogen-bond donors (Lipinski definition) is 2. The minimum absolute atomic E-state index is 0.200. The van der Waals surface area contributed by atoms with Crippen molar-refractivity contribution in [1.82, 2.24) is 15.0 Å². The van der Waals surface area contributed by atoms with Gasteiger partial charge in [0.15, 0.2) is 0 Å². The van der Waals surface area contributed by atoms with Crippen LogP contribution in [0.25, 0.3) is 0 Å². The summed E-state index contributed by atoms with van der Waals surface area (Å²) in [5.74, 6) is 0. The molecule has 2 aromatic heterocycles. The lowest BCUT2D eigenvalue weighted by Gasteiger charge is -2.07. The molecule has 5 nitrogen and oxygen atoms in total. The second-order valence-corrected chi connectivity index (χ2v) is 7.83. The predicted molar refractivity (Wildman–Crippen MR) is 84.8 cm³/mol. The fourth-order valence-corrected chi connectivity index (χ4v) is 4.63. The average molecular weight is 325 g/mol. The molecule has 114 valence electrons. The van der Waals surface area contributed by atoms with Gasteiger partial charge in [0.2, 0.25) is 10.0 Å². The number of aromatic nitrogens is 1. The van der Waals surface area contributed by atoms with Gasteiger partial charge in [-0.25, -0.2) is 13.1 Å². The quantitative estimate of drug-likeness (QED) is 0.852. The maximum absolute atomic E-state index is 12.4. The Morgan fingerprint density at radius 3 is 2.71 bits per heavy atom. The number of nitrogens with zero attached hydrogens (tertiary/aromatic N) is 1. The fourth-order valence-electron chi connectivity index (χ4n) is 2.00. The summed E-state index contributed by atoms with van der Waals surface area (Å²) in [4.78, 5) is 6.35. The highest BCUT2D eigenvalue weighted by atomic mass is 32.2. The molecule has 0 atom stereocenters. The maximum Gasteiger partial charge on any atom is 0.242 e. The summed E-state index contributed by atoms with van der Waals surface area (Å²) in [7, 11) is -1.67. The number of thiophene rings is 1. The van der Waals surface area contributed by atoms with E-state index in [9.17, 15) is 8.42 Å². The molecule has 0 aromatic carbocycles. The van der Waals surface area contributed by atoms with Gasteiger partial charge in [0, 0.05) is 22.5 Å². The first-order chi connectivity index (χ1) is 9.94. The molecule has 0 aliphatic rings. The molecule has 2 rings (SSSR count). The van der Waals surface area contributed by atoms with Gasteiger partial charge in [-0.1, -0.05) is 6.07 Å². The molecule has 0 unspecified atom stereocenters. The van der Waals surface area contributed by atoms with Crippen LogP contribution in [0.5, 0.6) is 0 Å². The third kappa shape index (κ3) is 3.88. The molecule has 21 heavy (non-hydrogen) atoms. The smallest absolute Gasteiger partial charge is 0.242 e. The molecule has 7 heteroatoms. The molecule has 0 amide bonds. The lowest BCUT2D eigenvalue weighted by molar-refractivity contribution is 0.580. The van der Waals surface area contributed by atoms with Crippen LogP contribution < -0.4 is 10.0 Å². The molecule has 2 aromatic rings. The lowest BCUT2D eigenvalue weighted by Crippen LogP contribution is -2.24. The van der Waals surface area contributed by atoms with Crippen molar-refractivity contribution < 1.29 is 8.42 Å². The van der Waals surface area contributed by atoms with Crippen LogP contribution in [0.3, 0.4) is 0 Å². The van der Waals surface area contributed by atoms with Gasteiger partial charge in [0.25, 0.3) is 0 Å². The zero-order valence-corrected chi connectivity index (χ0v) is 13.9. The van der Waals surface area contributed by atoms with Crippen LogP contribution in [-0.4, -0.2) is 20.4 Å². The van der Waals surface area contributed by atoms with E-state index < -0.39 is 10.0 Å². The molecule has 2 heterocycles. The first kappa shape index (κ1) is 16.1. The van der Waals surface area contributed by atoms with Crippen molar-refractivity contribution >= 4 is 21.4 Å². The largest absolute Gasteiger partial charge is 0.315 e. The average Bonchev–Trinajstić information content (AvgIpc) is 2.80. The highest BCUT2D eigenvalue weighted by Crippen LogP contribution is 2.25. The third-order valence-corrected chi connectivity index (χ3v) is 5.82. The number of rotatable bonds is 6. The summed E-state index contributed by atoms with van der Waals surface area (Å²) in [5, 5.41) is 3.03. The molecule has 0 aliphatic heterocycles. The molecule has 0 aliphatic carbocycles. The Hall–Kier alpha value is -1.28. The second-order valence-electron chi connectivity index (χ2n) is 4.76. The lowest BCUT2D eigenvalue weighted by atomic mass is 10.2. The molecule has 0 saturated heterocycles. The SMILES string of the molecule is CNCc1cc(S(=O)(=O)NCc2ncccc2C)c(C)s1. The number of pyridine rings is 1. The molecule has 0 saturated carbocycles. The van der Waals surface area contributed by atoms with Crippen molar-refractivity contribution in [3.8, 4) is 0 Å². The van der Waals surface area contributed by atoms with Gasteiger partial charge >= 0.3 is 0 Å². The van der Waals surface area contributed by atoms with Crippen molar-refractivity contribution in [2.75, 3.05) is 7.05 Å². The second kappa shape index (κ2) is 6.65. The Kier molecular flexibility index (Phi) is 5.10. The summed E-state index contributed by atoms with van der Waals surface area (Å²) in [5.41, 5.74) is 1.71. The molecular weight excluding hydrogens is 306 g/mol. The van der Waals surface area contributed by atoms with Crippen LogP contribution in [0.2, 0.25) is 0 Å².